The van der Waals surface area contributed by atoms with Gasteiger partial charge in [-0.3, -0.25) is 4.90 Å². The molecule has 0 amide bonds. The van der Waals surface area contributed by atoms with Crippen LogP contribution in [0.3, 0.4) is 0 Å². The van der Waals surface area contributed by atoms with E-state index in [1.165, 1.54) is 40.9 Å². The summed E-state index contributed by atoms with van der Waals surface area (Å²) in [6, 6.07) is 26.9. The van der Waals surface area contributed by atoms with Crippen molar-refractivity contribution in [2.24, 2.45) is 0 Å². The number of ether oxygens (including phenoxy) is 3. The fourth-order valence-electron chi connectivity index (χ4n) is 6.73. The highest BCUT2D eigenvalue weighted by Gasteiger charge is 2.28. The van der Waals surface area contributed by atoms with Gasteiger partial charge in [-0.2, -0.15) is 0 Å². The van der Waals surface area contributed by atoms with Gasteiger partial charge in [-0.05, 0) is 72.7 Å². The summed E-state index contributed by atoms with van der Waals surface area (Å²) in [6.45, 7) is 9.28. The van der Waals surface area contributed by atoms with Crippen LogP contribution in [0.2, 0.25) is 0 Å². The van der Waals surface area contributed by atoms with E-state index >= 15 is 0 Å². The van der Waals surface area contributed by atoms with Crippen LogP contribution in [-0.2, 0) is 22.6 Å². The normalized spacial score (nSPS) is 22.9. The van der Waals surface area contributed by atoms with Crippen LogP contribution in [0, 0.1) is 0 Å². The minimum atomic E-state index is 0.157. The molecular formula is C35H45N3O3. The molecule has 2 saturated heterocycles. The number of hydrogen-bond donors (Lipinski definition) is 1. The molecule has 3 aliphatic heterocycles. The first-order valence-corrected chi connectivity index (χ1v) is 15.4. The summed E-state index contributed by atoms with van der Waals surface area (Å²) < 4.78 is 17.8. The predicted molar refractivity (Wildman–Crippen MR) is 165 cm³/mol. The second-order valence-electron chi connectivity index (χ2n) is 11.8. The highest BCUT2D eigenvalue weighted by atomic mass is 16.5. The number of nitrogens with one attached hydrogen (secondary N) is 1. The number of rotatable bonds is 11. The van der Waals surface area contributed by atoms with Crippen molar-refractivity contribution in [3.63, 3.8) is 0 Å². The van der Waals surface area contributed by atoms with Crippen LogP contribution in [0.5, 0.6) is 5.75 Å². The highest BCUT2D eigenvalue weighted by molar-refractivity contribution is 5.61. The molecule has 6 rings (SSSR count). The van der Waals surface area contributed by atoms with E-state index in [2.05, 4.69) is 87.9 Å². The van der Waals surface area contributed by atoms with Gasteiger partial charge in [0, 0.05) is 45.8 Å². The first kappa shape index (κ1) is 28.2. The first-order chi connectivity index (χ1) is 20.3. The van der Waals surface area contributed by atoms with Crippen molar-refractivity contribution in [1.82, 2.24) is 10.2 Å². The molecule has 0 spiro atoms. The summed E-state index contributed by atoms with van der Waals surface area (Å²) in [5.41, 5.74) is 6.65. The van der Waals surface area contributed by atoms with Crippen molar-refractivity contribution >= 4 is 5.69 Å². The van der Waals surface area contributed by atoms with Gasteiger partial charge in [0.05, 0.1) is 24.9 Å². The van der Waals surface area contributed by atoms with Gasteiger partial charge < -0.3 is 24.4 Å². The second-order valence-corrected chi connectivity index (χ2v) is 11.8. The summed E-state index contributed by atoms with van der Waals surface area (Å²) >= 11 is 0. The van der Waals surface area contributed by atoms with Crippen LogP contribution in [-0.4, -0.2) is 70.6 Å². The molecule has 1 N–H and O–H groups in total. The number of hydrogen-bond acceptors (Lipinski definition) is 6. The van der Waals surface area contributed by atoms with Gasteiger partial charge in [0.1, 0.15) is 12.4 Å². The third-order valence-corrected chi connectivity index (χ3v) is 9.01. The van der Waals surface area contributed by atoms with Crippen molar-refractivity contribution in [2.45, 2.75) is 50.4 Å². The third kappa shape index (κ3) is 7.12. The maximum atomic E-state index is 6.60. The number of piperidine rings is 1. The molecule has 218 valence electrons. The topological polar surface area (TPSA) is 46.2 Å². The molecule has 0 saturated carbocycles. The fourth-order valence-corrected chi connectivity index (χ4v) is 6.73. The smallest absolute Gasteiger partial charge is 0.142 e. The number of methoxy groups -OCH3 is 1. The summed E-state index contributed by atoms with van der Waals surface area (Å²) in [5.74, 6) is 2.04. The molecule has 41 heavy (non-hydrogen) atoms. The highest BCUT2D eigenvalue weighted by Crippen LogP contribution is 2.34. The largest absolute Gasteiger partial charge is 0.490 e. The van der Waals surface area contributed by atoms with Crippen molar-refractivity contribution in [3.8, 4) is 5.75 Å². The van der Waals surface area contributed by atoms with Crippen LogP contribution in [0.1, 0.15) is 53.4 Å². The molecule has 6 heteroatoms. The molecule has 2 fully saturated rings. The molecule has 0 bridgehead atoms. The first-order valence-electron chi connectivity index (χ1n) is 15.4. The molecule has 0 radical (unpaired) electrons. The zero-order chi connectivity index (χ0) is 27.9. The van der Waals surface area contributed by atoms with Gasteiger partial charge in [0.25, 0.3) is 0 Å². The Bertz CT molecular complexity index is 1240. The molecule has 0 aliphatic carbocycles. The van der Waals surface area contributed by atoms with E-state index in [0.29, 0.717) is 18.4 Å². The van der Waals surface area contributed by atoms with E-state index in [4.69, 9.17) is 14.2 Å². The van der Waals surface area contributed by atoms with E-state index in [-0.39, 0.29) is 6.10 Å². The maximum Gasteiger partial charge on any atom is 0.142 e. The van der Waals surface area contributed by atoms with Gasteiger partial charge in [-0.25, -0.2) is 0 Å². The Morgan fingerprint density at radius 2 is 1.78 bits per heavy atom. The van der Waals surface area contributed by atoms with Crippen LogP contribution in [0.15, 0.2) is 72.8 Å². The minimum Gasteiger partial charge on any atom is -0.490 e. The number of nitrogens with zero attached hydrogens (tertiary/aromatic N) is 2. The average Bonchev–Trinajstić information content (AvgIpc) is 3.50. The summed E-state index contributed by atoms with van der Waals surface area (Å²) in [4.78, 5) is 5.02. The third-order valence-electron chi connectivity index (χ3n) is 9.01. The Morgan fingerprint density at radius 3 is 2.63 bits per heavy atom. The van der Waals surface area contributed by atoms with E-state index < -0.39 is 0 Å². The van der Waals surface area contributed by atoms with Crippen LogP contribution in [0.4, 0.5) is 5.69 Å². The fraction of sp³-hybridized carbons (Fsp3) is 0.486. The molecule has 3 atom stereocenters. The molecular weight excluding hydrogens is 510 g/mol. The SMILES string of the molecule is COCCCN1CCOc2ccc(CO[C@H]3CNCC[C@@H]3c3ccc(CN4CCC(c5ccccc5)C4)cc3)cc21. The summed E-state index contributed by atoms with van der Waals surface area (Å²) in [7, 11) is 1.76. The molecule has 3 aromatic rings. The monoisotopic (exact) mass is 555 g/mol. The lowest BCUT2D eigenvalue weighted by molar-refractivity contribution is 0.0106. The number of benzene rings is 3. The van der Waals surface area contributed by atoms with Gasteiger partial charge in [-0.15, -0.1) is 0 Å². The van der Waals surface area contributed by atoms with E-state index in [0.717, 1.165) is 71.1 Å². The Morgan fingerprint density at radius 1 is 0.927 bits per heavy atom. The Hall–Kier alpha value is -2.90. The molecule has 3 aromatic carbocycles. The number of fused-ring (bicyclic) bond motifs is 1. The molecule has 1 unspecified atom stereocenters. The van der Waals surface area contributed by atoms with Gasteiger partial charge >= 0.3 is 0 Å². The van der Waals surface area contributed by atoms with Crippen molar-refractivity contribution in [1.29, 1.82) is 0 Å². The van der Waals surface area contributed by atoms with E-state index in [1.54, 1.807) is 7.11 Å². The second kappa shape index (κ2) is 13.8. The summed E-state index contributed by atoms with van der Waals surface area (Å²) in [5, 5.41) is 3.56. The Kier molecular flexibility index (Phi) is 9.53. The number of likely N-dealkylation sites (tertiary alicyclic amines) is 1. The Labute approximate surface area is 245 Å². The summed E-state index contributed by atoms with van der Waals surface area (Å²) in [6.07, 6.45) is 3.52. The zero-order valence-electron chi connectivity index (χ0n) is 24.5. The van der Waals surface area contributed by atoms with Crippen molar-refractivity contribution in [3.05, 3.63) is 95.1 Å². The molecule has 0 aromatic heterocycles. The van der Waals surface area contributed by atoms with Gasteiger partial charge in [-0.1, -0.05) is 60.7 Å². The van der Waals surface area contributed by atoms with Crippen LogP contribution < -0.4 is 15.0 Å². The molecule has 6 nitrogen and oxygen atoms in total. The zero-order valence-corrected chi connectivity index (χ0v) is 24.5. The van der Waals surface area contributed by atoms with Gasteiger partial charge in [0.15, 0.2) is 0 Å². The van der Waals surface area contributed by atoms with Gasteiger partial charge in [0.2, 0.25) is 0 Å². The quantitative estimate of drug-likeness (QED) is 0.312. The lowest BCUT2D eigenvalue weighted by Crippen LogP contribution is -2.41. The molecule has 3 heterocycles. The van der Waals surface area contributed by atoms with Crippen molar-refractivity contribution in [2.75, 3.05) is 64.5 Å². The Balaban J connectivity index is 1.05. The minimum absolute atomic E-state index is 0.157. The van der Waals surface area contributed by atoms with Crippen LogP contribution >= 0.6 is 0 Å². The van der Waals surface area contributed by atoms with Crippen molar-refractivity contribution < 1.29 is 14.2 Å². The number of anilines is 1. The van der Waals surface area contributed by atoms with E-state index in [1.807, 2.05) is 0 Å². The average molecular weight is 556 g/mol. The van der Waals surface area contributed by atoms with E-state index in [9.17, 15) is 0 Å². The van der Waals surface area contributed by atoms with Crippen LogP contribution in [0.25, 0.3) is 0 Å². The predicted octanol–water partition coefficient (Wildman–Crippen LogP) is 5.57. The standard InChI is InChI=1S/C35H45N3O3/c1-39-20-5-17-38-19-21-40-34-13-10-28(22-33(34)38)26-41-35-23-36-16-14-32(35)30-11-8-27(9-12-30)24-37-18-15-31(25-37)29-6-3-2-4-7-29/h2-4,6-13,22,31-32,35-36H,5,14-21,23-26H2,1H3/t31?,32-,35+/m1/s1. The lowest BCUT2D eigenvalue weighted by Gasteiger charge is -2.33. The maximum absolute atomic E-state index is 6.60. The lowest BCUT2D eigenvalue weighted by atomic mass is 9.87. The molecule has 3 aliphatic rings.